The van der Waals surface area contributed by atoms with E-state index in [-0.39, 0.29) is 17.5 Å². The maximum atomic E-state index is 12.0. The highest BCUT2D eigenvalue weighted by atomic mass is 32.1. The number of amides is 1. The molecule has 0 unspecified atom stereocenters. The number of hydrogen-bond acceptors (Lipinski definition) is 4. The van der Waals surface area contributed by atoms with Crippen LogP contribution >= 0.6 is 11.3 Å². The van der Waals surface area contributed by atoms with E-state index in [9.17, 15) is 9.59 Å². The lowest BCUT2D eigenvalue weighted by Gasteiger charge is -2.24. The third kappa shape index (κ3) is 3.55. The lowest BCUT2D eigenvalue weighted by molar-refractivity contribution is 0.0941. The molecule has 106 valence electrons. The van der Waals surface area contributed by atoms with E-state index < -0.39 is 0 Å². The molecule has 20 heavy (non-hydrogen) atoms. The first-order valence-corrected chi connectivity index (χ1v) is 7.17. The summed E-state index contributed by atoms with van der Waals surface area (Å²) in [6.07, 6.45) is 1.42. The third-order valence-electron chi connectivity index (χ3n) is 3.05. The molecule has 0 saturated heterocycles. The van der Waals surface area contributed by atoms with E-state index in [0.29, 0.717) is 12.1 Å². The van der Waals surface area contributed by atoms with Crippen LogP contribution in [0.25, 0.3) is 0 Å². The Morgan fingerprint density at radius 2 is 2.20 bits per heavy atom. The van der Waals surface area contributed by atoms with Crippen LogP contribution in [0.2, 0.25) is 0 Å². The number of carbonyl (C=O) groups excluding carboxylic acids is 1. The van der Waals surface area contributed by atoms with Crippen LogP contribution < -0.4 is 10.9 Å². The van der Waals surface area contributed by atoms with Gasteiger partial charge < -0.3 is 15.2 Å². The Morgan fingerprint density at radius 3 is 2.75 bits per heavy atom. The van der Waals surface area contributed by atoms with Gasteiger partial charge in [-0.1, -0.05) is 0 Å². The maximum Gasteiger partial charge on any atom is 0.252 e. The predicted molar refractivity (Wildman–Crippen MR) is 80.1 cm³/mol. The number of hydrogen-bond donors (Lipinski definition) is 2. The SMILES string of the molecule is CN(C)[C@@H](CNC(=O)c1ccc(=O)[nH]c1)c1ccsc1. The average Bonchev–Trinajstić information content (AvgIpc) is 2.93. The largest absolute Gasteiger partial charge is 0.350 e. The quantitative estimate of drug-likeness (QED) is 0.877. The Hall–Kier alpha value is -1.92. The molecule has 0 aliphatic heterocycles. The second-order valence-corrected chi connectivity index (χ2v) is 5.47. The zero-order valence-corrected chi connectivity index (χ0v) is 12.2. The summed E-state index contributed by atoms with van der Waals surface area (Å²) in [6.45, 7) is 0.516. The fraction of sp³-hybridized carbons (Fsp3) is 0.286. The predicted octanol–water partition coefficient (Wildman–Crippen LogP) is 1.47. The molecule has 0 aliphatic carbocycles. The topological polar surface area (TPSA) is 65.2 Å². The molecule has 0 aromatic carbocycles. The standard InChI is InChI=1S/C14H17N3O2S/c1-17(2)12(11-5-6-20-9-11)8-16-14(19)10-3-4-13(18)15-7-10/h3-7,9,12H,8H2,1-2H3,(H,15,18)(H,16,19)/t12-/m0/s1. The van der Waals surface area contributed by atoms with E-state index in [1.807, 2.05) is 19.5 Å². The zero-order chi connectivity index (χ0) is 14.5. The Balaban J connectivity index is 2.01. The average molecular weight is 291 g/mol. The molecule has 1 amide bonds. The van der Waals surface area contributed by atoms with E-state index in [2.05, 4.69) is 26.6 Å². The van der Waals surface area contributed by atoms with Gasteiger partial charge in [0.15, 0.2) is 0 Å². The van der Waals surface area contributed by atoms with Crippen LogP contribution in [-0.2, 0) is 0 Å². The molecule has 0 aliphatic rings. The minimum absolute atomic E-state index is 0.132. The van der Waals surface area contributed by atoms with Crippen molar-refractivity contribution in [3.05, 3.63) is 56.6 Å². The monoisotopic (exact) mass is 291 g/mol. The molecular formula is C14H17N3O2S. The number of thiophene rings is 1. The van der Waals surface area contributed by atoms with Crippen LogP contribution in [0.4, 0.5) is 0 Å². The normalized spacial score (nSPS) is 12.3. The molecule has 2 rings (SSSR count). The van der Waals surface area contributed by atoms with E-state index in [4.69, 9.17) is 0 Å². The summed E-state index contributed by atoms with van der Waals surface area (Å²) in [5.41, 5.74) is 1.42. The van der Waals surface area contributed by atoms with Gasteiger partial charge in [-0.2, -0.15) is 11.3 Å². The van der Waals surface area contributed by atoms with Crippen molar-refractivity contribution >= 4 is 17.2 Å². The Morgan fingerprint density at radius 1 is 1.40 bits per heavy atom. The van der Waals surface area contributed by atoms with Crippen LogP contribution in [0.1, 0.15) is 22.0 Å². The summed E-state index contributed by atoms with van der Waals surface area (Å²) >= 11 is 1.64. The molecular weight excluding hydrogens is 274 g/mol. The lowest BCUT2D eigenvalue weighted by Crippen LogP contribution is -2.34. The summed E-state index contributed by atoms with van der Waals surface area (Å²) in [5.74, 6) is -0.191. The molecule has 0 radical (unpaired) electrons. The molecule has 1 atom stereocenters. The number of likely N-dealkylation sites (N-methyl/N-ethyl adjacent to an activating group) is 1. The first kappa shape index (κ1) is 14.5. The highest BCUT2D eigenvalue weighted by molar-refractivity contribution is 7.07. The van der Waals surface area contributed by atoms with Crippen molar-refractivity contribution in [3.63, 3.8) is 0 Å². The highest BCUT2D eigenvalue weighted by Crippen LogP contribution is 2.20. The number of H-pyrrole nitrogens is 1. The van der Waals surface area contributed by atoms with E-state index in [1.165, 1.54) is 23.9 Å². The van der Waals surface area contributed by atoms with Gasteiger partial charge in [-0.25, -0.2) is 0 Å². The van der Waals surface area contributed by atoms with Crippen LogP contribution in [0.15, 0.2) is 40.0 Å². The van der Waals surface area contributed by atoms with Crippen molar-refractivity contribution in [2.24, 2.45) is 0 Å². The third-order valence-corrected chi connectivity index (χ3v) is 3.76. The first-order valence-electron chi connectivity index (χ1n) is 6.23. The van der Waals surface area contributed by atoms with E-state index >= 15 is 0 Å². The molecule has 6 heteroatoms. The second kappa shape index (κ2) is 6.49. The number of carbonyl (C=O) groups is 1. The lowest BCUT2D eigenvalue weighted by atomic mass is 10.1. The van der Waals surface area contributed by atoms with Crippen molar-refractivity contribution in [1.82, 2.24) is 15.2 Å². The molecule has 0 saturated carbocycles. The van der Waals surface area contributed by atoms with Gasteiger partial charge in [0.1, 0.15) is 0 Å². The summed E-state index contributed by atoms with van der Waals surface area (Å²) in [6, 6.07) is 5.05. The number of nitrogens with zero attached hydrogens (tertiary/aromatic N) is 1. The minimum atomic E-state index is -0.217. The number of aromatic amines is 1. The fourth-order valence-corrected chi connectivity index (χ4v) is 2.61. The number of pyridine rings is 1. The summed E-state index contributed by atoms with van der Waals surface area (Å²) < 4.78 is 0. The Kier molecular flexibility index (Phi) is 4.70. The molecule has 0 spiro atoms. The van der Waals surface area contributed by atoms with Crippen molar-refractivity contribution < 1.29 is 4.79 Å². The van der Waals surface area contributed by atoms with Crippen LogP contribution in [0.3, 0.4) is 0 Å². The van der Waals surface area contributed by atoms with Crippen LogP contribution in [0, 0.1) is 0 Å². The minimum Gasteiger partial charge on any atom is -0.350 e. The second-order valence-electron chi connectivity index (χ2n) is 4.69. The molecule has 2 heterocycles. The van der Waals surface area contributed by atoms with Gasteiger partial charge >= 0.3 is 0 Å². The zero-order valence-electron chi connectivity index (χ0n) is 11.4. The van der Waals surface area contributed by atoms with Gasteiger partial charge in [0.25, 0.3) is 5.91 Å². The molecule has 5 nitrogen and oxygen atoms in total. The molecule has 2 aromatic heterocycles. The number of aromatic nitrogens is 1. The molecule has 0 bridgehead atoms. The number of nitrogens with one attached hydrogen (secondary N) is 2. The summed E-state index contributed by atoms with van der Waals surface area (Å²) in [4.78, 5) is 27.5. The fourth-order valence-electron chi connectivity index (χ4n) is 1.91. The van der Waals surface area contributed by atoms with Gasteiger partial charge in [0.2, 0.25) is 5.56 Å². The van der Waals surface area contributed by atoms with E-state index in [1.54, 1.807) is 11.3 Å². The summed E-state index contributed by atoms with van der Waals surface area (Å²) in [7, 11) is 3.96. The Bertz CT molecular complexity index is 599. The first-order chi connectivity index (χ1) is 9.58. The Labute approximate surface area is 121 Å². The number of rotatable bonds is 5. The van der Waals surface area contributed by atoms with Crippen molar-refractivity contribution in [2.75, 3.05) is 20.6 Å². The maximum absolute atomic E-state index is 12.0. The van der Waals surface area contributed by atoms with E-state index in [0.717, 1.165) is 0 Å². The highest BCUT2D eigenvalue weighted by Gasteiger charge is 2.16. The van der Waals surface area contributed by atoms with Gasteiger partial charge in [0.05, 0.1) is 11.6 Å². The van der Waals surface area contributed by atoms with Crippen LogP contribution in [-0.4, -0.2) is 36.4 Å². The van der Waals surface area contributed by atoms with Gasteiger partial charge in [-0.15, -0.1) is 0 Å². The van der Waals surface area contributed by atoms with Crippen LogP contribution in [0.5, 0.6) is 0 Å². The van der Waals surface area contributed by atoms with Gasteiger partial charge in [-0.05, 0) is 42.6 Å². The molecule has 2 N–H and O–H groups in total. The molecule has 0 fully saturated rings. The van der Waals surface area contributed by atoms with Gasteiger partial charge in [-0.3, -0.25) is 9.59 Å². The van der Waals surface area contributed by atoms with Crippen molar-refractivity contribution in [2.45, 2.75) is 6.04 Å². The molecule has 2 aromatic rings. The summed E-state index contributed by atoms with van der Waals surface area (Å²) in [5, 5.41) is 6.99. The smallest absolute Gasteiger partial charge is 0.252 e. The van der Waals surface area contributed by atoms with Gasteiger partial charge in [0, 0.05) is 18.8 Å². The van der Waals surface area contributed by atoms with Crippen molar-refractivity contribution in [3.8, 4) is 0 Å². The van der Waals surface area contributed by atoms with Crippen molar-refractivity contribution in [1.29, 1.82) is 0 Å².